The zero-order valence-electron chi connectivity index (χ0n) is 7.58. The first-order valence-corrected chi connectivity index (χ1v) is 5.28. The quantitative estimate of drug-likeness (QED) is 0.728. The number of halogens is 1. The molecule has 0 saturated heterocycles. The molecule has 0 unspecified atom stereocenters. The number of hydrogen-bond acceptors (Lipinski definition) is 4. The molecule has 0 radical (unpaired) electrons. The van der Waals surface area contributed by atoms with Crippen molar-refractivity contribution in [3.63, 3.8) is 0 Å². The van der Waals surface area contributed by atoms with Gasteiger partial charge >= 0.3 is 0 Å². The van der Waals surface area contributed by atoms with Crippen LogP contribution in [0.5, 0.6) is 0 Å². The molecule has 0 spiro atoms. The van der Waals surface area contributed by atoms with Crippen LogP contribution in [0.4, 0.5) is 5.13 Å². The first-order valence-electron chi connectivity index (χ1n) is 4.09. The Morgan fingerprint density at radius 2 is 2.15 bits per heavy atom. The van der Waals surface area contributed by atoms with Gasteiger partial charge in [0.15, 0.2) is 16.6 Å². The third-order valence-electron chi connectivity index (χ3n) is 1.74. The van der Waals surface area contributed by atoms with Crippen molar-refractivity contribution in [1.82, 2.24) is 4.98 Å². The number of thiazole rings is 1. The molecule has 1 rings (SSSR count). The first-order chi connectivity index (χ1) is 6.22. The summed E-state index contributed by atoms with van der Waals surface area (Å²) in [4.78, 5) is 17.2. The number of rotatable bonds is 4. The summed E-state index contributed by atoms with van der Waals surface area (Å²) in [6.45, 7) is 5.83. The topological polar surface area (TPSA) is 33.2 Å². The highest BCUT2D eigenvalue weighted by molar-refractivity contribution is 7.17. The maximum atomic E-state index is 10.5. The van der Waals surface area contributed by atoms with E-state index in [-0.39, 0.29) is 0 Å². The molecule has 5 heteroatoms. The van der Waals surface area contributed by atoms with E-state index in [1.54, 1.807) is 0 Å². The van der Waals surface area contributed by atoms with Gasteiger partial charge in [-0.05, 0) is 13.8 Å². The van der Waals surface area contributed by atoms with Crippen LogP contribution in [0.2, 0.25) is 5.15 Å². The smallest absolute Gasteiger partial charge is 0.187 e. The number of hydrogen-bond donors (Lipinski definition) is 0. The SMILES string of the molecule is CCN(CC)c1nc(Cl)c(C=O)s1. The van der Waals surface area contributed by atoms with E-state index in [2.05, 4.69) is 9.88 Å². The molecule has 13 heavy (non-hydrogen) atoms. The number of anilines is 1. The maximum absolute atomic E-state index is 10.5. The lowest BCUT2D eigenvalue weighted by Gasteiger charge is -2.16. The summed E-state index contributed by atoms with van der Waals surface area (Å²) < 4.78 is 0. The van der Waals surface area contributed by atoms with Crippen molar-refractivity contribution < 1.29 is 4.79 Å². The average Bonchev–Trinajstić information content (AvgIpc) is 2.49. The van der Waals surface area contributed by atoms with E-state index in [1.165, 1.54) is 11.3 Å². The predicted molar refractivity (Wildman–Crippen MR) is 56.1 cm³/mol. The van der Waals surface area contributed by atoms with Crippen molar-refractivity contribution in [3.8, 4) is 0 Å². The zero-order valence-corrected chi connectivity index (χ0v) is 9.15. The lowest BCUT2D eigenvalue weighted by molar-refractivity contribution is 0.112. The Labute approximate surface area is 86.3 Å². The van der Waals surface area contributed by atoms with Gasteiger partial charge in [0.2, 0.25) is 0 Å². The Morgan fingerprint density at radius 1 is 1.54 bits per heavy atom. The molecule has 0 amide bonds. The van der Waals surface area contributed by atoms with Crippen LogP contribution in [0, 0.1) is 0 Å². The van der Waals surface area contributed by atoms with Gasteiger partial charge in [0, 0.05) is 13.1 Å². The molecule has 0 saturated carbocycles. The molecule has 1 aromatic rings. The molecule has 1 heterocycles. The fourth-order valence-corrected chi connectivity index (χ4v) is 2.19. The summed E-state index contributed by atoms with van der Waals surface area (Å²) in [5.41, 5.74) is 0. The van der Waals surface area contributed by atoms with Gasteiger partial charge in [-0.2, -0.15) is 0 Å². The van der Waals surface area contributed by atoms with Crippen LogP contribution < -0.4 is 4.90 Å². The maximum Gasteiger partial charge on any atom is 0.187 e. The number of aromatic nitrogens is 1. The molecule has 0 aliphatic carbocycles. The fourth-order valence-electron chi connectivity index (χ4n) is 1.00. The van der Waals surface area contributed by atoms with Crippen molar-refractivity contribution in [2.75, 3.05) is 18.0 Å². The van der Waals surface area contributed by atoms with Crippen LogP contribution in [0.15, 0.2) is 0 Å². The van der Waals surface area contributed by atoms with Gasteiger partial charge in [-0.1, -0.05) is 22.9 Å². The lowest BCUT2D eigenvalue weighted by Crippen LogP contribution is -2.21. The Balaban J connectivity index is 2.94. The Bertz CT molecular complexity index is 296. The summed E-state index contributed by atoms with van der Waals surface area (Å²) in [5.74, 6) is 0. The molecule has 0 aliphatic heterocycles. The monoisotopic (exact) mass is 218 g/mol. The van der Waals surface area contributed by atoms with Gasteiger partial charge in [-0.3, -0.25) is 4.79 Å². The largest absolute Gasteiger partial charge is 0.349 e. The summed E-state index contributed by atoms with van der Waals surface area (Å²) >= 11 is 7.08. The van der Waals surface area contributed by atoms with Gasteiger partial charge in [0.05, 0.1) is 0 Å². The van der Waals surface area contributed by atoms with Crippen molar-refractivity contribution in [3.05, 3.63) is 10.0 Å². The molecule has 0 aromatic carbocycles. The third-order valence-corrected chi connectivity index (χ3v) is 3.18. The van der Waals surface area contributed by atoms with Gasteiger partial charge in [0.25, 0.3) is 0 Å². The minimum absolute atomic E-state index is 0.307. The highest BCUT2D eigenvalue weighted by atomic mass is 35.5. The third kappa shape index (κ3) is 2.19. The molecular weight excluding hydrogens is 208 g/mol. The molecule has 0 atom stereocenters. The summed E-state index contributed by atoms with van der Waals surface area (Å²) in [6, 6.07) is 0. The second-order valence-corrected chi connectivity index (χ2v) is 3.81. The van der Waals surface area contributed by atoms with Crippen LogP contribution in [0.25, 0.3) is 0 Å². The van der Waals surface area contributed by atoms with Crippen LogP contribution in [0.1, 0.15) is 23.5 Å². The van der Waals surface area contributed by atoms with E-state index in [1.807, 2.05) is 13.8 Å². The predicted octanol–water partition coefficient (Wildman–Crippen LogP) is 2.46. The van der Waals surface area contributed by atoms with E-state index in [9.17, 15) is 4.79 Å². The normalized spacial score (nSPS) is 10.1. The van der Waals surface area contributed by atoms with Gasteiger partial charge in [-0.15, -0.1) is 0 Å². The molecule has 72 valence electrons. The van der Waals surface area contributed by atoms with Crippen LogP contribution in [0.3, 0.4) is 0 Å². The van der Waals surface area contributed by atoms with Crippen LogP contribution in [-0.2, 0) is 0 Å². The average molecular weight is 219 g/mol. The van der Waals surface area contributed by atoms with Crippen LogP contribution >= 0.6 is 22.9 Å². The van der Waals surface area contributed by atoms with Crippen molar-refractivity contribution in [1.29, 1.82) is 0 Å². The fraction of sp³-hybridized carbons (Fsp3) is 0.500. The number of carbonyl (C=O) groups is 1. The Morgan fingerprint density at radius 3 is 2.54 bits per heavy atom. The van der Waals surface area contributed by atoms with Crippen molar-refractivity contribution in [2.45, 2.75) is 13.8 Å². The highest BCUT2D eigenvalue weighted by Crippen LogP contribution is 2.27. The van der Waals surface area contributed by atoms with Gasteiger partial charge in [0.1, 0.15) is 4.88 Å². The molecule has 0 N–H and O–H groups in total. The van der Waals surface area contributed by atoms with Crippen LogP contribution in [-0.4, -0.2) is 24.4 Å². The molecule has 0 aliphatic rings. The molecule has 3 nitrogen and oxygen atoms in total. The second-order valence-electron chi connectivity index (χ2n) is 2.44. The highest BCUT2D eigenvalue weighted by Gasteiger charge is 2.11. The van der Waals surface area contributed by atoms with E-state index < -0.39 is 0 Å². The number of carbonyl (C=O) groups excluding carboxylic acids is 1. The molecule has 1 aromatic heterocycles. The van der Waals surface area contributed by atoms with Gasteiger partial charge < -0.3 is 4.90 Å². The summed E-state index contributed by atoms with van der Waals surface area (Å²) in [7, 11) is 0. The zero-order chi connectivity index (χ0) is 9.84. The van der Waals surface area contributed by atoms with Gasteiger partial charge in [-0.25, -0.2) is 4.98 Å². The van der Waals surface area contributed by atoms with E-state index >= 15 is 0 Å². The standard InChI is InChI=1S/C8H11ClN2OS/c1-3-11(4-2)8-10-7(9)6(5-12)13-8/h5H,3-4H2,1-2H3. The summed E-state index contributed by atoms with van der Waals surface area (Å²) in [6.07, 6.45) is 0.743. The molecule has 0 bridgehead atoms. The Hall–Kier alpha value is -0.610. The van der Waals surface area contributed by atoms with Crippen molar-refractivity contribution in [2.24, 2.45) is 0 Å². The lowest BCUT2D eigenvalue weighted by atomic mass is 10.6. The van der Waals surface area contributed by atoms with E-state index in [4.69, 9.17) is 11.6 Å². The molecular formula is C8H11ClN2OS. The minimum atomic E-state index is 0.307. The number of nitrogens with zero attached hydrogens (tertiary/aromatic N) is 2. The second kappa shape index (κ2) is 4.58. The molecule has 0 fully saturated rings. The first kappa shape index (κ1) is 10.5. The minimum Gasteiger partial charge on any atom is -0.349 e. The Kier molecular flexibility index (Phi) is 3.69. The van der Waals surface area contributed by atoms with E-state index in [0.29, 0.717) is 10.0 Å². The van der Waals surface area contributed by atoms with E-state index in [0.717, 1.165) is 24.5 Å². The summed E-state index contributed by atoms with van der Waals surface area (Å²) in [5, 5.41) is 1.12. The van der Waals surface area contributed by atoms with Crippen molar-refractivity contribution >= 4 is 34.4 Å². The number of aldehydes is 1.